The summed E-state index contributed by atoms with van der Waals surface area (Å²) in [4.78, 5) is 30.0. The molecule has 0 unspecified atom stereocenters. The first-order valence-corrected chi connectivity index (χ1v) is 9.57. The molecule has 1 amide bonds. The van der Waals surface area contributed by atoms with Crippen LogP contribution in [0.25, 0.3) is 10.1 Å². The van der Waals surface area contributed by atoms with Crippen LogP contribution >= 0.6 is 34.3 Å². The number of nitrogens with one attached hydrogen (secondary N) is 1. The van der Waals surface area contributed by atoms with Crippen LogP contribution in [0.3, 0.4) is 0 Å². The molecule has 122 valence electrons. The largest absolute Gasteiger partial charge is 0.297 e. The van der Waals surface area contributed by atoms with Crippen molar-refractivity contribution in [3.8, 4) is 0 Å². The van der Waals surface area contributed by atoms with Crippen molar-refractivity contribution in [2.24, 2.45) is 0 Å². The number of aromatic nitrogens is 1. The summed E-state index contributed by atoms with van der Waals surface area (Å²) in [5.74, 6) is -0.165. The Balaban J connectivity index is 1.65. The van der Waals surface area contributed by atoms with Gasteiger partial charge in [-0.2, -0.15) is 0 Å². The Morgan fingerprint density at radius 3 is 2.92 bits per heavy atom. The van der Waals surface area contributed by atoms with Gasteiger partial charge < -0.3 is 0 Å². The summed E-state index contributed by atoms with van der Waals surface area (Å²) in [6.07, 6.45) is 2.17. The van der Waals surface area contributed by atoms with E-state index >= 15 is 0 Å². The van der Waals surface area contributed by atoms with Crippen LogP contribution in [-0.4, -0.2) is 16.7 Å². The first-order chi connectivity index (χ1) is 11.5. The van der Waals surface area contributed by atoms with Crippen LogP contribution in [0.4, 0.5) is 5.13 Å². The molecule has 0 saturated heterocycles. The van der Waals surface area contributed by atoms with Crippen molar-refractivity contribution in [2.75, 3.05) is 5.32 Å². The van der Waals surface area contributed by atoms with Gasteiger partial charge in [0.25, 0.3) is 5.91 Å². The Morgan fingerprint density at radius 2 is 2.12 bits per heavy atom. The smallest absolute Gasteiger partial charge is 0.269 e. The molecule has 4 nitrogen and oxygen atoms in total. The fraction of sp³-hybridized carbons (Fsp3) is 0.235. The van der Waals surface area contributed by atoms with Crippen molar-refractivity contribution in [2.45, 2.75) is 26.2 Å². The molecule has 1 aliphatic rings. The van der Waals surface area contributed by atoms with Gasteiger partial charge in [-0.3, -0.25) is 14.9 Å². The van der Waals surface area contributed by atoms with E-state index < -0.39 is 0 Å². The van der Waals surface area contributed by atoms with Crippen molar-refractivity contribution in [3.05, 3.63) is 44.2 Å². The van der Waals surface area contributed by atoms with Gasteiger partial charge >= 0.3 is 0 Å². The van der Waals surface area contributed by atoms with Crippen LogP contribution in [0.15, 0.2) is 18.2 Å². The Bertz CT molecular complexity index is 990. The lowest BCUT2D eigenvalue weighted by molar-refractivity contribution is 0.0975. The van der Waals surface area contributed by atoms with Crippen LogP contribution in [0.2, 0.25) is 5.02 Å². The van der Waals surface area contributed by atoms with E-state index in [4.69, 9.17) is 11.6 Å². The number of hydrogen-bond donors (Lipinski definition) is 1. The van der Waals surface area contributed by atoms with Gasteiger partial charge in [-0.05, 0) is 31.4 Å². The summed E-state index contributed by atoms with van der Waals surface area (Å²) in [5.41, 5.74) is 1.92. The van der Waals surface area contributed by atoms with Gasteiger partial charge in [0.2, 0.25) is 0 Å². The number of nitrogens with zero attached hydrogens (tertiary/aromatic N) is 1. The standard InChI is InChI=1S/C17H13ClN2O2S2/c1-8-5-6-9-12(7-8)23-15(13(9)18)16(22)20-17-19-10-3-2-4-11(21)14(10)24-17/h5-7H,2-4H2,1H3,(H,19,20,22). The number of carbonyl (C=O) groups is 2. The number of Topliss-reactive ketones (excluding diaryl/α,β-unsaturated/α-hetero) is 1. The molecule has 24 heavy (non-hydrogen) atoms. The van der Waals surface area contributed by atoms with Crippen LogP contribution < -0.4 is 5.32 Å². The number of carbonyl (C=O) groups excluding carboxylic acids is 2. The first kappa shape index (κ1) is 15.7. The topological polar surface area (TPSA) is 59.1 Å². The lowest BCUT2D eigenvalue weighted by atomic mass is 10.0. The van der Waals surface area contributed by atoms with Crippen LogP contribution in [0.1, 0.15) is 43.4 Å². The highest BCUT2D eigenvalue weighted by molar-refractivity contribution is 7.22. The molecule has 1 aliphatic carbocycles. The van der Waals surface area contributed by atoms with E-state index in [0.29, 0.717) is 26.3 Å². The van der Waals surface area contributed by atoms with Gasteiger partial charge in [0, 0.05) is 16.5 Å². The second kappa shape index (κ2) is 5.95. The molecule has 0 atom stereocenters. The van der Waals surface area contributed by atoms with Crippen molar-refractivity contribution >= 4 is 61.2 Å². The minimum absolute atomic E-state index is 0.115. The normalized spacial score (nSPS) is 14.0. The second-order valence-corrected chi connectivity index (χ2v) is 8.20. The summed E-state index contributed by atoms with van der Waals surface area (Å²) in [7, 11) is 0. The van der Waals surface area contributed by atoms with Crippen LogP contribution in [0, 0.1) is 6.92 Å². The van der Waals surface area contributed by atoms with Gasteiger partial charge in [0.1, 0.15) is 4.88 Å². The van der Waals surface area contributed by atoms with E-state index in [0.717, 1.165) is 34.2 Å². The molecular weight excluding hydrogens is 364 g/mol. The highest BCUT2D eigenvalue weighted by Gasteiger charge is 2.24. The molecule has 1 aromatic carbocycles. The summed E-state index contributed by atoms with van der Waals surface area (Å²) in [5, 5.41) is 4.60. The molecule has 0 bridgehead atoms. The molecule has 1 N–H and O–H groups in total. The summed E-state index contributed by atoms with van der Waals surface area (Å²) in [6, 6.07) is 5.92. The van der Waals surface area contributed by atoms with E-state index in [-0.39, 0.29) is 11.7 Å². The molecule has 3 aromatic rings. The number of ketones is 1. The Labute approximate surface area is 151 Å². The zero-order valence-corrected chi connectivity index (χ0v) is 15.2. The maximum atomic E-state index is 12.6. The zero-order valence-electron chi connectivity index (χ0n) is 12.8. The number of amides is 1. The lowest BCUT2D eigenvalue weighted by Crippen LogP contribution is -2.10. The van der Waals surface area contributed by atoms with E-state index in [1.807, 2.05) is 25.1 Å². The maximum Gasteiger partial charge on any atom is 0.269 e. The van der Waals surface area contributed by atoms with Gasteiger partial charge in [-0.25, -0.2) is 4.98 Å². The summed E-state index contributed by atoms with van der Waals surface area (Å²) >= 11 is 8.99. The number of anilines is 1. The third kappa shape index (κ3) is 2.64. The van der Waals surface area contributed by atoms with Crippen molar-refractivity contribution < 1.29 is 9.59 Å². The summed E-state index contributed by atoms with van der Waals surface area (Å²) in [6.45, 7) is 2.00. The molecule has 0 fully saturated rings. The molecule has 7 heteroatoms. The highest BCUT2D eigenvalue weighted by Crippen LogP contribution is 2.37. The second-order valence-electron chi connectivity index (χ2n) is 5.77. The van der Waals surface area contributed by atoms with Gasteiger partial charge in [-0.15, -0.1) is 11.3 Å². The Hall–Kier alpha value is -1.76. The predicted molar refractivity (Wildman–Crippen MR) is 98.9 cm³/mol. The quantitative estimate of drug-likeness (QED) is 0.677. The SMILES string of the molecule is Cc1ccc2c(Cl)c(C(=O)Nc3nc4c(s3)C(=O)CCC4)sc2c1. The monoisotopic (exact) mass is 376 g/mol. The molecule has 2 heterocycles. The average molecular weight is 377 g/mol. The molecular formula is C17H13ClN2O2S2. The fourth-order valence-electron chi connectivity index (χ4n) is 2.79. The minimum Gasteiger partial charge on any atom is -0.297 e. The third-order valence-corrected chi connectivity index (χ3v) is 6.69. The Morgan fingerprint density at radius 1 is 1.29 bits per heavy atom. The van der Waals surface area contributed by atoms with Crippen molar-refractivity contribution in [3.63, 3.8) is 0 Å². The number of thiazole rings is 1. The number of halogens is 1. The number of benzene rings is 1. The van der Waals surface area contributed by atoms with E-state index in [9.17, 15) is 9.59 Å². The maximum absolute atomic E-state index is 12.6. The number of rotatable bonds is 2. The predicted octanol–water partition coefficient (Wildman–Crippen LogP) is 5.09. The molecule has 2 aromatic heterocycles. The highest BCUT2D eigenvalue weighted by atomic mass is 35.5. The average Bonchev–Trinajstić information content (AvgIpc) is 3.09. The van der Waals surface area contributed by atoms with Crippen LogP contribution in [-0.2, 0) is 6.42 Å². The number of hydrogen-bond acceptors (Lipinski definition) is 5. The van der Waals surface area contributed by atoms with Gasteiger partial charge in [-0.1, -0.05) is 35.1 Å². The molecule has 0 spiro atoms. The van der Waals surface area contributed by atoms with Crippen molar-refractivity contribution in [1.29, 1.82) is 0 Å². The van der Waals surface area contributed by atoms with E-state index in [1.165, 1.54) is 22.7 Å². The molecule has 0 aliphatic heterocycles. The zero-order chi connectivity index (χ0) is 16.8. The third-order valence-electron chi connectivity index (χ3n) is 3.98. The van der Waals surface area contributed by atoms with Gasteiger partial charge in [0.15, 0.2) is 10.9 Å². The first-order valence-electron chi connectivity index (χ1n) is 7.56. The number of aryl methyl sites for hydroxylation is 2. The molecule has 4 rings (SSSR count). The summed E-state index contributed by atoms with van der Waals surface area (Å²) < 4.78 is 0.985. The Kier molecular flexibility index (Phi) is 3.90. The minimum atomic E-state index is -0.280. The number of thiophene rings is 1. The fourth-order valence-corrected chi connectivity index (χ4v) is 5.28. The van der Waals surface area contributed by atoms with Crippen LogP contribution in [0.5, 0.6) is 0 Å². The molecule has 0 radical (unpaired) electrons. The van der Waals surface area contributed by atoms with Crippen molar-refractivity contribution in [1.82, 2.24) is 4.98 Å². The van der Waals surface area contributed by atoms with E-state index in [2.05, 4.69) is 10.3 Å². The van der Waals surface area contributed by atoms with Gasteiger partial charge in [0.05, 0.1) is 15.6 Å². The number of fused-ring (bicyclic) bond motifs is 2. The lowest BCUT2D eigenvalue weighted by Gasteiger charge is -2.05. The van der Waals surface area contributed by atoms with E-state index in [1.54, 1.807) is 0 Å². The molecule has 0 saturated carbocycles.